The molecule has 1 aliphatic rings. The first-order valence-corrected chi connectivity index (χ1v) is 5.97. The van der Waals surface area contributed by atoms with Gasteiger partial charge in [-0.15, -0.1) is 0 Å². The first-order chi connectivity index (χ1) is 6.94. The van der Waals surface area contributed by atoms with Gasteiger partial charge in [-0.05, 0) is 45.6 Å². The molecule has 86 valence electrons. The van der Waals surface area contributed by atoms with Crippen molar-refractivity contribution < 1.29 is 0 Å². The van der Waals surface area contributed by atoms with E-state index in [1.807, 2.05) is 0 Å². The van der Waals surface area contributed by atoms with E-state index in [0.717, 1.165) is 25.1 Å². The normalized spacial score (nSPS) is 15.3. The monoisotopic (exact) mass is 208 g/mol. The van der Waals surface area contributed by atoms with E-state index in [9.17, 15) is 0 Å². The molecule has 15 heavy (non-hydrogen) atoms. The molecule has 2 heteroatoms. The molecule has 0 aromatic rings. The number of allylic oxidation sites excluding steroid dienone is 1. The lowest BCUT2D eigenvalue weighted by Gasteiger charge is -2.22. The van der Waals surface area contributed by atoms with Gasteiger partial charge in [-0.2, -0.15) is 0 Å². The third kappa shape index (κ3) is 4.61. The predicted molar refractivity (Wildman–Crippen MR) is 66.7 cm³/mol. The average Bonchev–Trinajstić information content (AvgIpc) is 2.86. The Hall–Kier alpha value is -0.630. The SMILES string of the molecule is CCCC(=N)C(CNC(C)(C)C)=C1CC1. The molecule has 1 saturated carbocycles. The zero-order valence-corrected chi connectivity index (χ0v) is 10.5. The fourth-order valence-corrected chi connectivity index (χ4v) is 1.56. The summed E-state index contributed by atoms with van der Waals surface area (Å²) in [6.07, 6.45) is 4.43. The number of hydrogen-bond acceptors (Lipinski definition) is 2. The Labute approximate surface area is 93.7 Å². The zero-order valence-electron chi connectivity index (χ0n) is 10.5. The molecule has 1 fully saturated rings. The largest absolute Gasteiger partial charge is 0.308 e. The van der Waals surface area contributed by atoms with E-state index >= 15 is 0 Å². The van der Waals surface area contributed by atoms with Crippen LogP contribution in [0.15, 0.2) is 11.1 Å². The second-order valence-electron chi connectivity index (χ2n) is 5.41. The van der Waals surface area contributed by atoms with Gasteiger partial charge < -0.3 is 10.7 Å². The molecule has 0 unspecified atom stereocenters. The standard InChI is InChI=1S/C13H24N2/c1-5-6-12(14)11(10-7-8-10)9-15-13(2,3)4/h14-15H,5-9H2,1-4H3. The lowest BCUT2D eigenvalue weighted by Crippen LogP contribution is -2.38. The Morgan fingerprint density at radius 3 is 2.33 bits per heavy atom. The van der Waals surface area contributed by atoms with Gasteiger partial charge in [0, 0.05) is 17.8 Å². The van der Waals surface area contributed by atoms with Crippen molar-refractivity contribution in [2.24, 2.45) is 0 Å². The minimum atomic E-state index is 0.146. The summed E-state index contributed by atoms with van der Waals surface area (Å²) >= 11 is 0. The molecule has 0 amide bonds. The molecule has 1 aliphatic carbocycles. The van der Waals surface area contributed by atoms with E-state index in [2.05, 4.69) is 33.0 Å². The van der Waals surface area contributed by atoms with Gasteiger partial charge in [-0.25, -0.2) is 0 Å². The number of hydrogen-bond donors (Lipinski definition) is 2. The summed E-state index contributed by atoms with van der Waals surface area (Å²) in [5, 5.41) is 11.5. The average molecular weight is 208 g/mol. The van der Waals surface area contributed by atoms with E-state index in [1.54, 1.807) is 0 Å². The molecule has 0 aromatic carbocycles. The number of rotatable bonds is 5. The Morgan fingerprint density at radius 1 is 1.33 bits per heavy atom. The summed E-state index contributed by atoms with van der Waals surface area (Å²) in [5.74, 6) is 0. The lowest BCUT2D eigenvalue weighted by atomic mass is 10.0. The van der Waals surface area contributed by atoms with E-state index in [1.165, 1.54) is 24.0 Å². The third-order valence-corrected chi connectivity index (χ3v) is 2.59. The van der Waals surface area contributed by atoms with E-state index in [4.69, 9.17) is 5.41 Å². The van der Waals surface area contributed by atoms with Gasteiger partial charge in [-0.1, -0.05) is 18.9 Å². The van der Waals surface area contributed by atoms with Gasteiger partial charge in [0.1, 0.15) is 0 Å². The fraction of sp³-hybridized carbons (Fsp3) is 0.769. The van der Waals surface area contributed by atoms with E-state index < -0.39 is 0 Å². The molecule has 0 saturated heterocycles. The molecule has 0 spiro atoms. The van der Waals surface area contributed by atoms with Crippen molar-refractivity contribution in [2.45, 2.75) is 58.9 Å². The minimum absolute atomic E-state index is 0.146. The Balaban J connectivity index is 2.54. The Kier molecular flexibility index (Phi) is 4.09. The maximum absolute atomic E-state index is 8.03. The van der Waals surface area contributed by atoms with Crippen LogP contribution < -0.4 is 5.32 Å². The first-order valence-electron chi connectivity index (χ1n) is 5.97. The molecular weight excluding hydrogens is 184 g/mol. The molecule has 1 rings (SSSR count). The van der Waals surface area contributed by atoms with Crippen LogP contribution in [0.25, 0.3) is 0 Å². The second-order valence-corrected chi connectivity index (χ2v) is 5.41. The van der Waals surface area contributed by atoms with Crippen molar-refractivity contribution in [2.75, 3.05) is 6.54 Å². The van der Waals surface area contributed by atoms with Crippen molar-refractivity contribution in [3.63, 3.8) is 0 Å². The molecule has 0 aromatic heterocycles. The summed E-state index contributed by atoms with van der Waals surface area (Å²) in [7, 11) is 0. The highest BCUT2D eigenvalue weighted by Crippen LogP contribution is 2.32. The second kappa shape index (κ2) is 4.93. The molecule has 0 aliphatic heterocycles. The van der Waals surface area contributed by atoms with Crippen LogP contribution in [0, 0.1) is 5.41 Å². The fourth-order valence-electron chi connectivity index (χ4n) is 1.56. The van der Waals surface area contributed by atoms with Crippen molar-refractivity contribution in [3.05, 3.63) is 11.1 Å². The molecular formula is C13H24N2. The topological polar surface area (TPSA) is 35.9 Å². The summed E-state index contributed by atoms with van der Waals surface area (Å²) in [5.41, 5.74) is 3.78. The Morgan fingerprint density at radius 2 is 1.93 bits per heavy atom. The van der Waals surface area contributed by atoms with E-state index in [0.29, 0.717) is 0 Å². The number of nitrogens with one attached hydrogen (secondary N) is 2. The minimum Gasteiger partial charge on any atom is -0.308 e. The van der Waals surface area contributed by atoms with Crippen LogP contribution in [0.1, 0.15) is 53.4 Å². The highest BCUT2D eigenvalue weighted by Gasteiger charge is 2.21. The van der Waals surface area contributed by atoms with Crippen LogP contribution >= 0.6 is 0 Å². The molecule has 0 radical (unpaired) electrons. The maximum atomic E-state index is 8.03. The van der Waals surface area contributed by atoms with Gasteiger partial charge in [0.25, 0.3) is 0 Å². The van der Waals surface area contributed by atoms with Crippen LogP contribution in [-0.2, 0) is 0 Å². The summed E-state index contributed by atoms with van der Waals surface area (Å²) in [4.78, 5) is 0. The highest BCUT2D eigenvalue weighted by molar-refractivity contribution is 5.99. The van der Waals surface area contributed by atoms with Gasteiger partial charge >= 0.3 is 0 Å². The van der Waals surface area contributed by atoms with Gasteiger partial charge in [0.2, 0.25) is 0 Å². The molecule has 0 heterocycles. The summed E-state index contributed by atoms with van der Waals surface area (Å²) in [6, 6.07) is 0. The third-order valence-electron chi connectivity index (χ3n) is 2.59. The molecule has 2 nitrogen and oxygen atoms in total. The van der Waals surface area contributed by atoms with Crippen LogP contribution in [0.4, 0.5) is 0 Å². The quantitative estimate of drug-likeness (QED) is 0.668. The first kappa shape index (κ1) is 12.4. The van der Waals surface area contributed by atoms with Gasteiger partial charge in [-0.3, -0.25) is 0 Å². The van der Waals surface area contributed by atoms with Gasteiger partial charge in [0.15, 0.2) is 0 Å². The van der Waals surface area contributed by atoms with Crippen LogP contribution in [0.3, 0.4) is 0 Å². The van der Waals surface area contributed by atoms with Crippen LogP contribution in [0.2, 0.25) is 0 Å². The highest BCUT2D eigenvalue weighted by atomic mass is 14.9. The van der Waals surface area contributed by atoms with Crippen molar-refractivity contribution >= 4 is 5.71 Å². The summed E-state index contributed by atoms with van der Waals surface area (Å²) < 4.78 is 0. The molecule has 0 bridgehead atoms. The molecule has 2 N–H and O–H groups in total. The van der Waals surface area contributed by atoms with Crippen molar-refractivity contribution in [1.29, 1.82) is 5.41 Å². The van der Waals surface area contributed by atoms with E-state index in [-0.39, 0.29) is 5.54 Å². The lowest BCUT2D eigenvalue weighted by molar-refractivity contribution is 0.446. The van der Waals surface area contributed by atoms with Crippen LogP contribution in [-0.4, -0.2) is 17.8 Å². The molecule has 0 atom stereocenters. The Bertz CT molecular complexity index is 263. The van der Waals surface area contributed by atoms with Crippen molar-refractivity contribution in [3.8, 4) is 0 Å². The smallest absolute Gasteiger partial charge is 0.0358 e. The van der Waals surface area contributed by atoms with Crippen molar-refractivity contribution in [1.82, 2.24) is 5.32 Å². The van der Waals surface area contributed by atoms with Crippen LogP contribution in [0.5, 0.6) is 0 Å². The summed E-state index contributed by atoms with van der Waals surface area (Å²) in [6.45, 7) is 9.53. The maximum Gasteiger partial charge on any atom is 0.0358 e. The predicted octanol–water partition coefficient (Wildman–Crippen LogP) is 3.28. The van der Waals surface area contributed by atoms with Gasteiger partial charge in [0.05, 0.1) is 0 Å². The zero-order chi connectivity index (χ0) is 11.5.